The summed E-state index contributed by atoms with van der Waals surface area (Å²) in [5.74, 6) is 0.917. The molecule has 0 radical (unpaired) electrons. The summed E-state index contributed by atoms with van der Waals surface area (Å²) < 4.78 is 0. The average Bonchev–Trinajstić information content (AvgIpc) is 2.87. The molecule has 0 N–H and O–H groups in total. The molecule has 118 valence electrons. The Balaban J connectivity index is 2.43. The molecule has 0 aromatic heterocycles. The SMILES string of the molecule is BC1CCN(C(C)(CCCCCC)CCCCCC)C1. The predicted octanol–water partition coefficient (Wildman–Crippen LogP) is 4.81. The van der Waals surface area contributed by atoms with Crippen LogP contribution >= 0.6 is 0 Å². The lowest BCUT2D eigenvalue weighted by atomic mass is 9.85. The molecule has 1 aliphatic heterocycles. The van der Waals surface area contributed by atoms with Gasteiger partial charge < -0.3 is 0 Å². The summed E-state index contributed by atoms with van der Waals surface area (Å²) in [5, 5.41) is 0. The van der Waals surface area contributed by atoms with Crippen LogP contribution in [0.5, 0.6) is 0 Å². The van der Waals surface area contributed by atoms with E-state index in [-0.39, 0.29) is 0 Å². The first-order valence-corrected chi connectivity index (χ1v) is 9.37. The minimum atomic E-state index is 0.492. The van der Waals surface area contributed by atoms with Crippen molar-refractivity contribution in [3.8, 4) is 0 Å². The van der Waals surface area contributed by atoms with Crippen LogP contribution in [0.1, 0.15) is 91.4 Å². The highest BCUT2D eigenvalue weighted by molar-refractivity contribution is 6.12. The first kappa shape index (κ1) is 18.1. The van der Waals surface area contributed by atoms with E-state index in [2.05, 4.69) is 33.5 Å². The molecule has 1 atom stereocenters. The fourth-order valence-electron chi connectivity index (χ4n) is 3.73. The van der Waals surface area contributed by atoms with Crippen molar-refractivity contribution in [2.75, 3.05) is 13.1 Å². The Morgan fingerprint density at radius 2 is 1.50 bits per heavy atom. The molecule has 20 heavy (non-hydrogen) atoms. The van der Waals surface area contributed by atoms with Gasteiger partial charge in [0.25, 0.3) is 0 Å². The van der Waals surface area contributed by atoms with Gasteiger partial charge in [0, 0.05) is 5.54 Å². The molecule has 1 nitrogen and oxygen atoms in total. The maximum absolute atomic E-state index is 2.83. The van der Waals surface area contributed by atoms with E-state index in [0.717, 1.165) is 5.82 Å². The van der Waals surface area contributed by atoms with Gasteiger partial charge in [-0.2, -0.15) is 0 Å². The average molecular weight is 279 g/mol. The first-order valence-electron chi connectivity index (χ1n) is 9.37. The summed E-state index contributed by atoms with van der Waals surface area (Å²) in [4.78, 5) is 2.83. The van der Waals surface area contributed by atoms with Crippen LogP contribution in [-0.2, 0) is 0 Å². The summed E-state index contributed by atoms with van der Waals surface area (Å²) in [5.41, 5.74) is 0.492. The third-order valence-electron chi connectivity index (χ3n) is 5.33. The summed E-state index contributed by atoms with van der Waals surface area (Å²) in [6, 6.07) is 0. The minimum Gasteiger partial charge on any atom is -0.298 e. The summed E-state index contributed by atoms with van der Waals surface area (Å²) >= 11 is 0. The second-order valence-corrected chi connectivity index (χ2v) is 7.46. The Morgan fingerprint density at radius 1 is 0.950 bits per heavy atom. The van der Waals surface area contributed by atoms with E-state index >= 15 is 0 Å². The van der Waals surface area contributed by atoms with Crippen LogP contribution in [0, 0.1) is 0 Å². The van der Waals surface area contributed by atoms with Crippen molar-refractivity contribution in [3.05, 3.63) is 0 Å². The molecule has 0 aromatic rings. The second kappa shape index (κ2) is 9.87. The van der Waals surface area contributed by atoms with E-state index in [0.29, 0.717) is 5.54 Å². The van der Waals surface area contributed by atoms with Gasteiger partial charge in [0.05, 0.1) is 0 Å². The van der Waals surface area contributed by atoms with Crippen molar-refractivity contribution in [1.82, 2.24) is 4.90 Å². The Bertz CT molecular complexity index is 230. The maximum atomic E-state index is 2.83. The van der Waals surface area contributed by atoms with E-state index < -0.39 is 0 Å². The van der Waals surface area contributed by atoms with Gasteiger partial charge in [0.15, 0.2) is 0 Å². The fourth-order valence-corrected chi connectivity index (χ4v) is 3.73. The van der Waals surface area contributed by atoms with Crippen LogP contribution in [-0.4, -0.2) is 31.4 Å². The number of nitrogens with zero attached hydrogens (tertiary/aromatic N) is 1. The van der Waals surface area contributed by atoms with Gasteiger partial charge >= 0.3 is 0 Å². The molecule has 0 aliphatic carbocycles. The minimum absolute atomic E-state index is 0.492. The topological polar surface area (TPSA) is 3.24 Å². The predicted molar refractivity (Wildman–Crippen MR) is 94.4 cm³/mol. The Hall–Kier alpha value is 0.0249. The smallest absolute Gasteiger partial charge is 0.107 e. The lowest BCUT2D eigenvalue weighted by Gasteiger charge is -2.40. The lowest BCUT2D eigenvalue weighted by molar-refractivity contribution is 0.107. The second-order valence-electron chi connectivity index (χ2n) is 7.46. The van der Waals surface area contributed by atoms with Crippen molar-refractivity contribution >= 4 is 7.85 Å². The molecule has 1 fully saturated rings. The van der Waals surface area contributed by atoms with Gasteiger partial charge in [0.2, 0.25) is 0 Å². The lowest BCUT2D eigenvalue weighted by Crippen LogP contribution is -2.44. The fraction of sp³-hybridized carbons (Fsp3) is 1.00. The van der Waals surface area contributed by atoms with Gasteiger partial charge in [-0.3, -0.25) is 4.90 Å². The van der Waals surface area contributed by atoms with Crippen LogP contribution in [0.4, 0.5) is 0 Å². The van der Waals surface area contributed by atoms with Crippen LogP contribution in [0.15, 0.2) is 0 Å². The van der Waals surface area contributed by atoms with Crippen LogP contribution in [0.3, 0.4) is 0 Å². The van der Waals surface area contributed by atoms with Gasteiger partial charge in [-0.15, -0.1) is 0 Å². The zero-order chi connectivity index (χ0) is 14.8. The van der Waals surface area contributed by atoms with Gasteiger partial charge in [-0.05, 0) is 39.3 Å². The zero-order valence-electron chi connectivity index (χ0n) is 14.7. The molecule has 1 heterocycles. The summed E-state index contributed by atoms with van der Waals surface area (Å²) in [6.07, 6.45) is 15.5. The largest absolute Gasteiger partial charge is 0.298 e. The zero-order valence-corrected chi connectivity index (χ0v) is 14.7. The summed E-state index contributed by atoms with van der Waals surface area (Å²) in [7, 11) is 2.43. The molecule has 0 aromatic carbocycles. The van der Waals surface area contributed by atoms with E-state index in [9.17, 15) is 0 Å². The Kier molecular flexibility index (Phi) is 8.92. The number of rotatable bonds is 11. The normalized spacial score (nSPS) is 20.6. The molecular formula is C18H38BN. The standard InChI is InChI=1S/C18H38BN/c1-4-6-8-10-13-18(3,14-11-9-7-5-2)20-15-12-17(19)16-20/h17H,4-16,19H2,1-3H3. The van der Waals surface area contributed by atoms with E-state index in [1.807, 2.05) is 0 Å². The third-order valence-corrected chi connectivity index (χ3v) is 5.33. The summed E-state index contributed by atoms with van der Waals surface area (Å²) in [6.45, 7) is 9.87. The van der Waals surface area contributed by atoms with E-state index in [1.165, 1.54) is 83.7 Å². The van der Waals surface area contributed by atoms with Crippen molar-refractivity contribution < 1.29 is 0 Å². The van der Waals surface area contributed by atoms with Crippen molar-refractivity contribution in [2.24, 2.45) is 0 Å². The van der Waals surface area contributed by atoms with Crippen molar-refractivity contribution in [2.45, 2.75) is 103 Å². The highest BCUT2D eigenvalue weighted by atomic mass is 15.2. The van der Waals surface area contributed by atoms with Crippen LogP contribution in [0.2, 0.25) is 5.82 Å². The Morgan fingerprint density at radius 3 is 1.90 bits per heavy atom. The van der Waals surface area contributed by atoms with Crippen LogP contribution < -0.4 is 0 Å². The molecular weight excluding hydrogens is 241 g/mol. The van der Waals surface area contributed by atoms with Gasteiger partial charge in [0.1, 0.15) is 7.85 Å². The molecule has 1 saturated heterocycles. The monoisotopic (exact) mass is 279 g/mol. The molecule has 1 rings (SSSR count). The number of hydrogen-bond acceptors (Lipinski definition) is 1. The molecule has 0 bridgehead atoms. The van der Waals surface area contributed by atoms with Crippen molar-refractivity contribution in [1.29, 1.82) is 0 Å². The van der Waals surface area contributed by atoms with Gasteiger partial charge in [-0.1, -0.05) is 71.0 Å². The molecule has 1 aliphatic rings. The molecule has 2 heteroatoms. The molecule has 0 spiro atoms. The number of unbranched alkanes of at least 4 members (excludes halogenated alkanes) is 6. The number of hydrogen-bond donors (Lipinski definition) is 0. The molecule has 1 unspecified atom stereocenters. The molecule has 0 amide bonds. The molecule has 0 saturated carbocycles. The van der Waals surface area contributed by atoms with Gasteiger partial charge in [-0.25, -0.2) is 0 Å². The maximum Gasteiger partial charge on any atom is 0.107 e. The third kappa shape index (κ3) is 6.20. The van der Waals surface area contributed by atoms with Crippen molar-refractivity contribution in [3.63, 3.8) is 0 Å². The van der Waals surface area contributed by atoms with Crippen LogP contribution in [0.25, 0.3) is 0 Å². The van der Waals surface area contributed by atoms with E-state index in [4.69, 9.17) is 0 Å². The first-order chi connectivity index (χ1) is 9.62. The highest BCUT2D eigenvalue weighted by Gasteiger charge is 2.34. The van der Waals surface area contributed by atoms with E-state index in [1.54, 1.807) is 0 Å². The highest BCUT2D eigenvalue weighted by Crippen LogP contribution is 2.34. The quantitative estimate of drug-likeness (QED) is 0.387. The number of likely N-dealkylation sites (tertiary alicyclic amines) is 1. The Labute approximate surface area is 129 Å².